The molecular formula is C43H24B2N2O2. The summed E-state index contributed by atoms with van der Waals surface area (Å²) in [6, 6.07) is 46.7. The molecule has 0 saturated heterocycles. The average molecular weight is 622 g/mol. The molecule has 0 aliphatic carbocycles. The van der Waals surface area contributed by atoms with Crippen molar-refractivity contribution in [2.24, 2.45) is 0 Å². The highest BCUT2D eigenvalue weighted by atomic mass is 16.5. The van der Waals surface area contributed by atoms with E-state index >= 15 is 0 Å². The quantitative estimate of drug-likeness (QED) is 0.183. The van der Waals surface area contributed by atoms with Gasteiger partial charge in [-0.15, -0.1) is 0 Å². The van der Waals surface area contributed by atoms with Crippen molar-refractivity contribution in [1.82, 2.24) is 4.57 Å². The Bertz CT molecular complexity index is 2890. The lowest BCUT2D eigenvalue weighted by Gasteiger charge is -2.42. The molecule has 0 bridgehead atoms. The highest BCUT2D eigenvalue weighted by molar-refractivity contribution is 7.01. The molecule has 7 aromatic carbocycles. The number of benzene rings is 7. The maximum atomic E-state index is 6.99. The number of ether oxygens (including phenoxy) is 2. The number of hydrogen-bond donors (Lipinski definition) is 0. The molecule has 0 N–H and O–H groups in total. The van der Waals surface area contributed by atoms with E-state index in [1.165, 1.54) is 77.1 Å². The Morgan fingerprint density at radius 2 is 1.20 bits per heavy atom. The van der Waals surface area contributed by atoms with Crippen LogP contribution in [0.2, 0.25) is 0 Å². The first kappa shape index (κ1) is 25.0. The molecule has 6 heterocycles. The molecular weight excluding hydrogens is 598 g/mol. The van der Waals surface area contributed by atoms with Crippen molar-refractivity contribution in [1.29, 1.82) is 0 Å². The zero-order valence-electron chi connectivity index (χ0n) is 26.5. The van der Waals surface area contributed by atoms with E-state index in [4.69, 9.17) is 9.47 Å². The van der Waals surface area contributed by atoms with E-state index in [9.17, 15) is 0 Å². The predicted molar refractivity (Wildman–Crippen MR) is 202 cm³/mol. The van der Waals surface area contributed by atoms with Crippen LogP contribution in [0.15, 0.2) is 127 Å². The standard InChI is InChI=1S/C43H24B2N2O2/c1-23-42-31(45-30-14-6-8-16-33(30)46-32-15-7-3-11-25(32)27-19-20-36(48-42)39(45)40(27)46)22-35-43(23)49-37-21-18-26-24-10-2-4-12-28(24)44-29-13-5-9-17-34(29)47(35)41(37)38(26)44/h2-22H,1H3. The van der Waals surface area contributed by atoms with Gasteiger partial charge in [-0.25, -0.2) is 0 Å². The minimum absolute atomic E-state index is 0.0133. The third kappa shape index (κ3) is 2.74. The molecule has 224 valence electrons. The second-order valence-electron chi connectivity index (χ2n) is 14.0. The second kappa shape index (κ2) is 8.29. The lowest BCUT2D eigenvalue weighted by atomic mass is 9.34. The summed E-state index contributed by atoms with van der Waals surface area (Å²) >= 11 is 0. The summed E-state index contributed by atoms with van der Waals surface area (Å²) in [5.41, 5.74) is 18.5. The highest BCUT2D eigenvalue weighted by Gasteiger charge is 2.48. The van der Waals surface area contributed by atoms with Gasteiger partial charge in [0.15, 0.2) is 11.5 Å². The zero-order valence-corrected chi connectivity index (χ0v) is 26.5. The molecule has 5 aliphatic heterocycles. The van der Waals surface area contributed by atoms with Gasteiger partial charge in [0.1, 0.15) is 11.5 Å². The molecule has 0 saturated carbocycles. The number of fused-ring (bicyclic) bond motifs is 16. The minimum Gasteiger partial charge on any atom is -0.458 e. The van der Waals surface area contributed by atoms with Crippen LogP contribution < -0.4 is 47.2 Å². The van der Waals surface area contributed by atoms with Gasteiger partial charge < -0.3 is 18.9 Å². The van der Waals surface area contributed by atoms with Crippen molar-refractivity contribution < 1.29 is 9.47 Å². The van der Waals surface area contributed by atoms with Gasteiger partial charge in [0.25, 0.3) is 6.71 Å². The summed E-state index contributed by atoms with van der Waals surface area (Å²) in [6.45, 7) is 2.35. The first-order valence-electron chi connectivity index (χ1n) is 17.1. The Morgan fingerprint density at radius 1 is 0.510 bits per heavy atom. The zero-order chi connectivity index (χ0) is 31.7. The van der Waals surface area contributed by atoms with Gasteiger partial charge in [0.05, 0.1) is 22.4 Å². The number of para-hydroxylation sites is 3. The van der Waals surface area contributed by atoms with Crippen molar-refractivity contribution in [3.05, 3.63) is 133 Å². The first-order chi connectivity index (χ1) is 24.3. The van der Waals surface area contributed by atoms with Crippen LogP contribution in [-0.4, -0.2) is 18.0 Å². The van der Waals surface area contributed by atoms with Crippen LogP contribution in [0.1, 0.15) is 5.56 Å². The number of anilines is 3. The lowest BCUT2D eigenvalue weighted by molar-refractivity contribution is 0.453. The van der Waals surface area contributed by atoms with Crippen LogP contribution in [0.25, 0.3) is 38.6 Å². The van der Waals surface area contributed by atoms with Crippen molar-refractivity contribution >= 4 is 85.1 Å². The van der Waals surface area contributed by atoms with E-state index in [0.29, 0.717) is 0 Å². The minimum atomic E-state index is 0.0133. The summed E-state index contributed by atoms with van der Waals surface area (Å²) in [7, 11) is 0. The lowest BCUT2D eigenvalue weighted by Crippen LogP contribution is -2.59. The largest absolute Gasteiger partial charge is 0.458 e. The van der Waals surface area contributed by atoms with Gasteiger partial charge in [-0.1, -0.05) is 90.4 Å². The van der Waals surface area contributed by atoms with E-state index < -0.39 is 0 Å². The Balaban J connectivity index is 1.12. The summed E-state index contributed by atoms with van der Waals surface area (Å²) in [5, 5.41) is 2.53. The molecule has 6 heteroatoms. The van der Waals surface area contributed by atoms with Crippen LogP contribution in [0.4, 0.5) is 17.1 Å². The summed E-state index contributed by atoms with van der Waals surface area (Å²) in [5.74, 6) is 3.57. The van der Waals surface area contributed by atoms with Gasteiger partial charge in [-0.3, -0.25) is 0 Å². The molecule has 4 nitrogen and oxygen atoms in total. The molecule has 49 heavy (non-hydrogen) atoms. The summed E-state index contributed by atoms with van der Waals surface area (Å²) in [4.78, 5) is 2.49. The van der Waals surface area contributed by atoms with Crippen molar-refractivity contribution in [3.8, 4) is 39.8 Å². The first-order valence-corrected chi connectivity index (χ1v) is 17.1. The van der Waals surface area contributed by atoms with E-state index in [1.54, 1.807) is 0 Å². The second-order valence-corrected chi connectivity index (χ2v) is 14.0. The Labute approximate surface area is 282 Å². The van der Waals surface area contributed by atoms with Crippen molar-refractivity contribution in [2.45, 2.75) is 6.92 Å². The molecule has 0 unspecified atom stereocenters. The van der Waals surface area contributed by atoms with E-state index in [-0.39, 0.29) is 13.4 Å². The van der Waals surface area contributed by atoms with E-state index in [0.717, 1.165) is 39.9 Å². The number of aromatic nitrogens is 1. The van der Waals surface area contributed by atoms with E-state index in [1.807, 2.05) is 0 Å². The van der Waals surface area contributed by atoms with Gasteiger partial charge in [0.2, 0.25) is 6.71 Å². The van der Waals surface area contributed by atoms with Crippen molar-refractivity contribution in [2.75, 3.05) is 4.90 Å². The third-order valence-corrected chi connectivity index (χ3v) is 11.8. The van der Waals surface area contributed by atoms with Crippen LogP contribution in [0.3, 0.4) is 0 Å². The van der Waals surface area contributed by atoms with Crippen molar-refractivity contribution in [3.63, 3.8) is 0 Å². The van der Waals surface area contributed by atoms with Gasteiger partial charge in [-0.2, -0.15) is 0 Å². The fourth-order valence-corrected chi connectivity index (χ4v) is 9.96. The molecule has 13 rings (SSSR count). The molecule has 1 aromatic heterocycles. The Hall–Kier alpha value is -6.13. The maximum absolute atomic E-state index is 6.99. The van der Waals surface area contributed by atoms with Gasteiger partial charge in [-0.05, 0) is 87.8 Å². The molecule has 8 aromatic rings. The van der Waals surface area contributed by atoms with Crippen LogP contribution >= 0.6 is 0 Å². The predicted octanol–water partition coefficient (Wildman–Crippen LogP) is 6.41. The third-order valence-electron chi connectivity index (χ3n) is 11.8. The van der Waals surface area contributed by atoms with Crippen LogP contribution in [0.5, 0.6) is 23.0 Å². The van der Waals surface area contributed by atoms with E-state index in [2.05, 4.69) is 144 Å². The van der Waals surface area contributed by atoms with Crippen LogP contribution in [0, 0.1) is 6.92 Å². The molecule has 0 amide bonds. The average Bonchev–Trinajstić information content (AvgIpc) is 3.68. The molecule has 0 spiro atoms. The summed E-state index contributed by atoms with van der Waals surface area (Å²) in [6.07, 6.45) is 0. The number of hydrogen-bond acceptors (Lipinski definition) is 3. The molecule has 0 radical (unpaired) electrons. The topological polar surface area (TPSA) is 26.6 Å². The van der Waals surface area contributed by atoms with Crippen LogP contribution in [-0.2, 0) is 0 Å². The molecule has 0 fully saturated rings. The Kier molecular flexibility index (Phi) is 4.22. The SMILES string of the molecule is Cc1c2c(cc3c1Oc1ccc4c5c1N3c1ccccc1B5c1ccccc1-4)B1c3ccccc3-n3c4ccccc4c4ccc(c1c43)O2. The number of rotatable bonds is 0. The molecule has 0 atom stereocenters. The number of nitrogens with zero attached hydrogens (tertiary/aromatic N) is 2. The normalized spacial score (nSPS) is 14.4. The monoisotopic (exact) mass is 622 g/mol. The molecule has 5 aliphatic rings. The fourth-order valence-electron chi connectivity index (χ4n) is 9.96. The maximum Gasteiger partial charge on any atom is 0.256 e. The van der Waals surface area contributed by atoms with Gasteiger partial charge >= 0.3 is 0 Å². The smallest absolute Gasteiger partial charge is 0.256 e. The highest BCUT2D eigenvalue weighted by Crippen LogP contribution is 2.55. The summed E-state index contributed by atoms with van der Waals surface area (Å²) < 4.78 is 16.4. The fraction of sp³-hybridized carbons (Fsp3) is 0.0233. The van der Waals surface area contributed by atoms with Gasteiger partial charge in [0, 0.05) is 27.7 Å². The Morgan fingerprint density at radius 3 is 2.10 bits per heavy atom.